The minimum absolute atomic E-state index is 0.123. The summed E-state index contributed by atoms with van der Waals surface area (Å²) in [6.07, 6.45) is 1.93. The molecular formula is C9H8Cl5NO. The first-order chi connectivity index (χ1) is 7.45. The molecule has 0 aromatic carbocycles. The maximum Gasteiger partial charge on any atom is 0.266 e. The zero-order valence-electron chi connectivity index (χ0n) is 8.07. The van der Waals surface area contributed by atoms with Crippen LogP contribution in [0.5, 0.6) is 0 Å². The van der Waals surface area contributed by atoms with E-state index in [1.807, 2.05) is 0 Å². The van der Waals surface area contributed by atoms with Crippen LogP contribution in [0, 0.1) is 0 Å². The molecule has 0 radical (unpaired) electrons. The van der Waals surface area contributed by atoms with E-state index in [0.717, 1.165) is 12.8 Å². The molecule has 1 aliphatic heterocycles. The fraction of sp³-hybridized carbons (Fsp3) is 0.444. The van der Waals surface area contributed by atoms with Crippen molar-refractivity contribution in [2.45, 2.75) is 12.8 Å². The Kier molecular flexibility index (Phi) is 5.75. The van der Waals surface area contributed by atoms with Gasteiger partial charge < -0.3 is 4.90 Å². The number of halogens is 5. The van der Waals surface area contributed by atoms with E-state index in [9.17, 15) is 4.79 Å². The molecule has 7 heteroatoms. The summed E-state index contributed by atoms with van der Waals surface area (Å²) < 4.78 is -0.223. The molecule has 0 N–H and O–H groups in total. The van der Waals surface area contributed by atoms with Crippen molar-refractivity contribution in [1.29, 1.82) is 0 Å². The lowest BCUT2D eigenvalue weighted by Gasteiger charge is -2.15. The summed E-state index contributed by atoms with van der Waals surface area (Å²) >= 11 is 28.2. The van der Waals surface area contributed by atoms with E-state index in [1.54, 1.807) is 4.90 Å². The Morgan fingerprint density at radius 3 is 1.75 bits per heavy atom. The first-order valence-electron chi connectivity index (χ1n) is 4.51. The number of carbonyl (C=O) groups excluding carboxylic acids is 1. The molecule has 16 heavy (non-hydrogen) atoms. The predicted molar refractivity (Wildman–Crippen MR) is 69.1 cm³/mol. The number of likely N-dealkylation sites (tertiary alicyclic amines) is 1. The Morgan fingerprint density at radius 1 is 0.812 bits per heavy atom. The van der Waals surface area contributed by atoms with E-state index < -0.39 is 0 Å². The second-order valence-electron chi connectivity index (χ2n) is 3.20. The van der Waals surface area contributed by atoms with E-state index in [-0.39, 0.29) is 25.5 Å². The van der Waals surface area contributed by atoms with Gasteiger partial charge >= 0.3 is 0 Å². The van der Waals surface area contributed by atoms with Gasteiger partial charge in [0.25, 0.3) is 5.91 Å². The van der Waals surface area contributed by atoms with Crippen molar-refractivity contribution >= 4 is 63.9 Å². The lowest BCUT2D eigenvalue weighted by atomic mass is 10.4. The molecule has 0 aromatic heterocycles. The Labute approximate surface area is 119 Å². The summed E-state index contributed by atoms with van der Waals surface area (Å²) in [5.41, 5.74) is 0. The largest absolute Gasteiger partial charge is 0.338 e. The minimum Gasteiger partial charge on any atom is -0.338 e. The van der Waals surface area contributed by atoms with Crippen molar-refractivity contribution in [3.8, 4) is 0 Å². The van der Waals surface area contributed by atoms with Crippen molar-refractivity contribution in [2.75, 3.05) is 13.1 Å². The SMILES string of the molecule is O=C(C(Cl)=C(Cl)C(Cl)=C(Cl)Cl)N1CCCC1. The summed E-state index contributed by atoms with van der Waals surface area (Å²) in [5, 5.41) is -0.407. The topological polar surface area (TPSA) is 20.3 Å². The first kappa shape index (κ1) is 14.5. The first-order valence-corrected chi connectivity index (χ1v) is 6.39. The third kappa shape index (κ3) is 3.44. The lowest BCUT2D eigenvalue weighted by molar-refractivity contribution is -0.125. The summed E-state index contributed by atoms with van der Waals surface area (Å²) in [7, 11) is 0. The van der Waals surface area contributed by atoms with Gasteiger partial charge in [-0.1, -0.05) is 58.0 Å². The minimum atomic E-state index is -0.350. The maximum absolute atomic E-state index is 11.8. The third-order valence-corrected chi connectivity index (χ3v) is 4.00. The van der Waals surface area contributed by atoms with Gasteiger partial charge in [0, 0.05) is 13.1 Å². The monoisotopic (exact) mass is 321 g/mol. The van der Waals surface area contributed by atoms with E-state index in [4.69, 9.17) is 58.0 Å². The standard InChI is InChI=1S/C9H8Cl5NO/c10-5(6(11)8(13)14)7(12)9(16)15-3-1-2-4-15/h1-4H2. The van der Waals surface area contributed by atoms with Crippen molar-refractivity contribution in [3.63, 3.8) is 0 Å². The van der Waals surface area contributed by atoms with Crippen LogP contribution >= 0.6 is 58.0 Å². The van der Waals surface area contributed by atoms with Gasteiger partial charge in [-0.2, -0.15) is 0 Å². The van der Waals surface area contributed by atoms with Crippen LogP contribution in [0.15, 0.2) is 19.6 Å². The van der Waals surface area contributed by atoms with Gasteiger partial charge in [0.2, 0.25) is 0 Å². The molecule has 0 saturated carbocycles. The molecule has 0 aromatic rings. The molecule has 1 amide bonds. The molecule has 1 heterocycles. The van der Waals surface area contributed by atoms with Crippen LogP contribution in [0.3, 0.4) is 0 Å². The number of rotatable bonds is 2. The van der Waals surface area contributed by atoms with Crippen LogP contribution in [0.25, 0.3) is 0 Å². The summed E-state index contributed by atoms with van der Waals surface area (Å²) in [6.45, 7) is 1.35. The molecule has 1 aliphatic rings. The molecule has 0 bridgehead atoms. The molecule has 0 unspecified atom stereocenters. The zero-order valence-corrected chi connectivity index (χ0v) is 11.9. The lowest BCUT2D eigenvalue weighted by Crippen LogP contribution is -2.28. The Balaban J connectivity index is 2.90. The van der Waals surface area contributed by atoms with Crippen molar-refractivity contribution < 1.29 is 4.79 Å². The van der Waals surface area contributed by atoms with Crippen LogP contribution in [0.2, 0.25) is 0 Å². The predicted octanol–water partition coefficient (Wildman–Crippen LogP) is 4.18. The molecule has 2 nitrogen and oxygen atoms in total. The van der Waals surface area contributed by atoms with Gasteiger partial charge in [-0.15, -0.1) is 0 Å². The summed E-state index contributed by atoms with van der Waals surface area (Å²) in [5.74, 6) is -0.350. The second-order valence-corrected chi connectivity index (χ2v) is 5.28. The second kappa shape index (κ2) is 6.36. The smallest absolute Gasteiger partial charge is 0.266 e. The Morgan fingerprint density at radius 2 is 1.31 bits per heavy atom. The van der Waals surface area contributed by atoms with E-state index in [1.165, 1.54) is 0 Å². The molecule has 0 spiro atoms. The van der Waals surface area contributed by atoms with Crippen molar-refractivity contribution in [3.05, 3.63) is 19.6 Å². The zero-order chi connectivity index (χ0) is 12.3. The Bertz CT molecular complexity index is 353. The highest BCUT2D eigenvalue weighted by atomic mass is 35.5. The van der Waals surface area contributed by atoms with Gasteiger partial charge in [-0.25, -0.2) is 0 Å². The molecule has 1 fully saturated rings. The van der Waals surface area contributed by atoms with Crippen LogP contribution in [-0.2, 0) is 4.79 Å². The van der Waals surface area contributed by atoms with E-state index >= 15 is 0 Å². The fourth-order valence-electron chi connectivity index (χ4n) is 1.33. The average molecular weight is 323 g/mol. The van der Waals surface area contributed by atoms with E-state index in [0.29, 0.717) is 13.1 Å². The van der Waals surface area contributed by atoms with Gasteiger partial charge in [-0.3, -0.25) is 4.79 Å². The van der Waals surface area contributed by atoms with Crippen LogP contribution in [0.4, 0.5) is 0 Å². The number of nitrogens with zero attached hydrogens (tertiary/aromatic N) is 1. The van der Waals surface area contributed by atoms with E-state index in [2.05, 4.69) is 0 Å². The molecule has 90 valence electrons. The summed E-state index contributed by atoms with van der Waals surface area (Å²) in [4.78, 5) is 13.4. The fourth-order valence-corrected chi connectivity index (χ4v) is 2.15. The number of hydrogen-bond acceptors (Lipinski definition) is 1. The molecule has 0 aliphatic carbocycles. The third-order valence-electron chi connectivity index (χ3n) is 2.13. The highest BCUT2D eigenvalue weighted by Crippen LogP contribution is 2.32. The highest BCUT2D eigenvalue weighted by molar-refractivity contribution is 6.62. The molecule has 1 rings (SSSR count). The number of hydrogen-bond donors (Lipinski definition) is 0. The normalized spacial score (nSPS) is 17.2. The van der Waals surface area contributed by atoms with Gasteiger partial charge in [0.1, 0.15) is 9.52 Å². The average Bonchev–Trinajstić information content (AvgIpc) is 2.78. The number of carbonyl (C=O) groups is 1. The van der Waals surface area contributed by atoms with Crippen molar-refractivity contribution in [2.24, 2.45) is 0 Å². The molecule has 1 saturated heterocycles. The van der Waals surface area contributed by atoms with Crippen LogP contribution < -0.4 is 0 Å². The highest BCUT2D eigenvalue weighted by Gasteiger charge is 2.23. The van der Waals surface area contributed by atoms with Crippen LogP contribution in [-0.4, -0.2) is 23.9 Å². The molecule has 0 atom stereocenters. The van der Waals surface area contributed by atoms with Crippen LogP contribution in [0.1, 0.15) is 12.8 Å². The maximum atomic E-state index is 11.8. The quantitative estimate of drug-likeness (QED) is 0.551. The number of amides is 1. The summed E-state index contributed by atoms with van der Waals surface area (Å²) in [6, 6.07) is 0. The Hall–Kier alpha value is 0.400. The van der Waals surface area contributed by atoms with Gasteiger partial charge in [0.05, 0.1) is 10.1 Å². The number of allylic oxidation sites excluding steroid dienone is 2. The van der Waals surface area contributed by atoms with Crippen molar-refractivity contribution in [1.82, 2.24) is 4.90 Å². The van der Waals surface area contributed by atoms with Gasteiger partial charge in [0.15, 0.2) is 0 Å². The molecular weight excluding hydrogens is 315 g/mol. The van der Waals surface area contributed by atoms with Gasteiger partial charge in [-0.05, 0) is 12.8 Å².